The first kappa shape index (κ1) is 24.6. The van der Waals surface area contributed by atoms with Crippen LogP contribution < -0.4 is 9.47 Å². The number of aromatic nitrogens is 2. The lowest BCUT2D eigenvalue weighted by atomic mass is 10.0. The number of benzene rings is 2. The van der Waals surface area contributed by atoms with Crippen molar-refractivity contribution in [2.45, 2.75) is 32.9 Å². The SMILES string of the molecule is C=CC(C)(O)CN(Cc1c(-c2ccccc2)nn(C)c1Oc1ccc(OC)cc1)CC(C)C. The number of hydrogen-bond acceptors (Lipinski definition) is 5. The van der Waals surface area contributed by atoms with Crippen LogP contribution in [0.2, 0.25) is 0 Å². The topological polar surface area (TPSA) is 59.8 Å². The van der Waals surface area contributed by atoms with Crippen molar-refractivity contribution in [1.82, 2.24) is 14.7 Å². The fourth-order valence-corrected chi connectivity index (χ4v) is 3.85. The lowest BCUT2D eigenvalue weighted by Gasteiger charge is -2.31. The minimum Gasteiger partial charge on any atom is -0.497 e. The maximum atomic E-state index is 10.7. The molecule has 2 aromatic carbocycles. The Labute approximate surface area is 197 Å². The van der Waals surface area contributed by atoms with Crippen LogP contribution >= 0.6 is 0 Å². The molecule has 6 nitrogen and oxygen atoms in total. The van der Waals surface area contributed by atoms with Gasteiger partial charge in [0.2, 0.25) is 5.88 Å². The van der Waals surface area contributed by atoms with Crippen molar-refractivity contribution in [3.05, 3.63) is 72.8 Å². The Morgan fingerprint density at radius 3 is 2.33 bits per heavy atom. The summed E-state index contributed by atoms with van der Waals surface area (Å²) >= 11 is 0. The highest BCUT2D eigenvalue weighted by atomic mass is 16.5. The largest absolute Gasteiger partial charge is 0.497 e. The van der Waals surface area contributed by atoms with Crippen molar-refractivity contribution < 1.29 is 14.6 Å². The molecule has 6 heteroatoms. The predicted molar refractivity (Wildman–Crippen MR) is 133 cm³/mol. The second-order valence-electron chi connectivity index (χ2n) is 9.02. The molecule has 1 unspecified atom stereocenters. The van der Waals surface area contributed by atoms with Gasteiger partial charge < -0.3 is 14.6 Å². The van der Waals surface area contributed by atoms with Crippen molar-refractivity contribution >= 4 is 0 Å². The smallest absolute Gasteiger partial charge is 0.222 e. The molecule has 1 N–H and O–H groups in total. The van der Waals surface area contributed by atoms with Crippen molar-refractivity contribution in [3.8, 4) is 28.6 Å². The second-order valence-corrected chi connectivity index (χ2v) is 9.02. The Kier molecular flexibility index (Phi) is 7.95. The van der Waals surface area contributed by atoms with Crippen molar-refractivity contribution in [2.24, 2.45) is 13.0 Å². The van der Waals surface area contributed by atoms with Crippen LogP contribution in [-0.2, 0) is 13.6 Å². The molecule has 1 atom stereocenters. The molecular weight excluding hydrogens is 414 g/mol. The summed E-state index contributed by atoms with van der Waals surface area (Å²) in [5, 5.41) is 15.5. The highest BCUT2D eigenvalue weighted by Gasteiger charge is 2.26. The van der Waals surface area contributed by atoms with Gasteiger partial charge in [-0.2, -0.15) is 5.10 Å². The van der Waals surface area contributed by atoms with E-state index in [2.05, 4.69) is 37.5 Å². The van der Waals surface area contributed by atoms with E-state index >= 15 is 0 Å². The van der Waals surface area contributed by atoms with Gasteiger partial charge in [-0.15, -0.1) is 6.58 Å². The molecule has 0 aliphatic carbocycles. The third-order valence-electron chi connectivity index (χ3n) is 5.40. The number of aliphatic hydroxyl groups is 1. The second kappa shape index (κ2) is 10.7. The van der Waals surface area contributed by atoms with E-state index in [1.54, 1.807) is 24.8 Å². The number of hydrogen-bond donors (Lipinski definition) is 1. The molecule has 1 aromatic heterocycles. The molecule has 33 heavy (non-hydrogen) atoms. The molecule has 3 rings (SSSR count). The summed E-state index contributed by atoms with van der Waals surface area (Å²) in [4.78, 5) is 2.23. The van der Waals surface area contributed by atoms with Gasteiger partial charge in [-0.25, -0.2) is 4.68 Å². The molecule has 0 amide bonds. The van der Waals surface area contributed by atoms with Gasteiger partial charge in [-0.1, -0.05) is 50.3 Å². The molecule has 1 heterocycles. The number of nitrogens with zero attached hydrogens (tertiary/aromatic N) is 3. The molecule has 0 saturated heterocycles. The van der Waals surface area contributed by atoms with E-state index in [-0.39, 0.29) is 0 Å². The van der Waals surface area contributed by atoms with E-state index in [0.29, 0.717) is 30.6 Å². The highest BCUT2D eigenvalue weighted by Crippen LogP contribution is 2.35. The van der Waals surface area contributed by atoms with E-state index in [4.69, 9.17) is 14.6 Å². The van der Waals surface area contributed by atoms with Gasteiger partial charge in [0.25, 0.3) is 0 Å². The van der Waals surface area contributed by atoms with Gasteiger partial charge in [0.15, 0.2) is 0 Å². The first-order valence-corrected chi connectivity index (χ1v) is 11.2. The molecule has 0 aliphatic heterocycles. The zero-order valence-corrected chi connectivity index (χ0v) is 20.3. The third kappa shape index (κ3) is 6.46. The maximum Gasteiger partial charge on any atom is 0.222 e. The van der Waals surface area contributed by atoms with Gasteiger partial charge in [0.05, 0.1) is 18.3 Å². The molecule has 3 aromatic rings. The highest BCUT2D eigenvalue weighted by molar-refractivity contribution is 5.65. The van der Waals surface area contributed by atoms with E-state index in [1.807, 2.05) is 49.5 Å². The van der Waals surface area contributed by atoms with E-state index in [1.165, 1.54) is 0 Å². The fourth-order valence-electron chi connectivity index (χ4n) is 3.85. The van der Waals surface area contributed by atoms with Crippen LogP contribution in [0.5, 0.6) is 17.4 Å². The molecule has 0 spiro atoms. The van der Waals surface area contributed by atoms with Crippen molar-refractivity contribution in [3.63, 3.8) is 0 Å². The summed E-state index contributed by atoms with van der Waals surface area (Å²) < 4.78 is 13.4. The number of ether oxygens (including phenoxy) is 2. The summed E-state index contributed by atoms with van der Waals surface area (Å²) in [6.07, 6.45) is 1.59. The van der Waals surface area contributed by atoms with Crippen LogP contribution in [0.15, 0.2) is 67.3 Å². The predicted octanol–water partition coefficient (Wildman–Crippen LogP) is 5.28. The average molecular weight is 450 g/mol. The van der Waals surface area contributed by atoms with Crippen LogP contribution in [0.4, 0.5) is 0 Å². The van der Waals surface area contributed by atoms with Crippen LogP contribution in [0, 0.1) is 5.92 Å². The lowest BCUT2D eigenvalue weighted by molar-refractivity contribution is 0.0539. The minimum atomic E-state index is -0.999. The zero-order valence-electron chi connectivity index (χ0n) is 20.3. The normalized spacial score (nSPS) is 13.2. The minimum absolute atomic E-state index is 0.424. The molecular formula is C27H35N3O3. The Balaban J connectivity index is 2.03. The summed E-state index contributed by atoms with van der Waals surface area (Å²) in [6.45, 7) is 11.8. The Morgan fingerprint density at radius 1 is 1.12 bits per heavy atom. The van der Waals surface area contributed by atoms with E-state index < -0.39 is 5.60 Å². The summed E-state index contributed by atoms with van der Waals surface area (Å²) in [5.74, 6) is 2.57. The standard InChI is InChI=1S/C27H35N3O3/c1-7-27(4,31)19-30(17-20(2)3)18-24-25(21-11-9-8-10-12-21)28-29(5)26(24)33-23-15-13-22(32-6)14-16-23/h7-16,20,31H,1,17-19H2,2-6H3. The Bertz CT molecular complexity index is 1040. The van der Waals surface area contributed by atoms with Crippen LogP contribution in [0.3, 0.4) is 0 Å². The van der Waals surface area contributed by atoms with Gasteiger partial charge >= 0.3 is 0 Å². The molecule has 0 bridgehead atoms. The lowest BCUT2D eigenvalue weighted by Crippen LogP contribution is -2.40. The van der Waals surface area contributed by atoms with Crippen molar-refractivity contribution in [1.29, 1.82) is 0 Å². The van der Waals surface area contributed by atoms with E-state index in [0.717, 1.165) is 29.1 Å². The van der Waals surface area contributed by atoms with E-state index in [9.17, 15) is 5.11 Å². The first-order chi connectivity index (χ1) is 15.7. The monoisotopic (exact) mass is 449 g/mol. The van der Waals surface area contributed by atoms with Crippen LogP contribution in [-0.4, -0.2) is 45.6 Å². The number of rotatable bonds is 11. The quantitative estimate of drug-likeness (QED) is 0.404. The summed E-state index contributed by atoms with van der Waals surface area (Å²) in [7, 11) is 3.53. The summed E-state index contributed by atoms with van der Waals surface area (Å²) in [6, 6.07) is 17.6. The molecule has 0 fully saturated rings. The van der Waals surface area contributed by atoms with Gasteiger partial charge in [0.1, 0.15) is 17.2 Å². The fraction of sp³-hybridized carbons (Fsp3) is 0.370. The Morgan fingerprint density at radius 2 is 1.76 bits per heavy atom. The van der Waals surface area contributed by atoms with Crippen LogP contribution in [0.1, 0.15) is 26.3 Å². The zero-order chi connectivity index (χ0) is 24.0. The molecule has 0 aliphatic rings. The molecule has 0 saturated carbocycles. The van der Waals surface area contributed by atoms with Gasteiger partial charge in [-0.3, -0.25) is 4.90 Å². The maximum absolute atomic E-state index is 10.7. The first-order valence-electron chi connectivity index (χ1n) is 11.2. The average Bonchev–Trinajstić information content (AvgIpc) is 3.09. The number of aryl methyl sites for hydroxylation is 1. The van der Waals surface area contributed by atoms with Gasteiger partial charge in [0, 0.05) is 32.2 Å². The summed E-state index contributed by atoms with van der Waals surface area (Å²) in [5.41, 5.74) is 1.86. The number of methoxy groups -OCH3 is 1. The third-order valence-corrected chi connectivity index (χ3v) is 5.40. The van der Waals surface area contributed by atoms with Gasteiger partial charge in [-0.05, 0) is 37.1 Å². The Hall–Kier alpha value is -3.09. The van der Waals surface area contributed by atoms with Crippen molar-refractivity contribution in [2.75, 3.05) is 20.2 Å². The molecule has 176 valence electrons. The van der Waals surface area contributed by atoms with Crippen LogP contribution in [0.25, 0.3) is 11.3 Å². The molecule has 0 radical (unpaired) electrons.